The van der Waals surface area contributed by atoms with Gasteiger partial charge in [0.1, 0.15) is 5.75 Å². The first-order valence-corrected chi connectivity index (χ1v) is 6.83. The molecule has 0 spiro atoms. The zero-order valence-corrected chi connectivity index (χ0v) is 12.3. The largest absolute Gasteiger partial charge is 0.495 e. The van der Waals surface area contributed by atoms with Crippen LogP contribution in [0.1, 0.15) is 22.0 Å². The SMILES string of the molecule is COc1cc(C(=O)N[C@H](CO)c2ccccc2)ccc1Cl. The Morgan fingerprint density at radius 3 is 2.62 bits per heavy atom. The van der Waals surface area contributed by atoms with E-state index in [2.05, 4.69) is 5.32 Å². The van der Waals surface area contributed by atoms with Gasteiger partial charge in [-0.25, -0.2) is 0 Å². The van der Waals surface area contributed by atoms with E-state index < -0.39 is 6.04 Å². The highest BCUT2D eigenvalue weighted by Gasteiger charge is 2.15. The van der Waals surface area contributed by atoms with Crippen molar-refractivity contribution < 1.29 is 14.6 Å². The third-order valence-electron chi connectivity index (χ3n) is 3.10. The summed E-state index contributed by atoms with van der Waals surface area (Å²) in [6.45, 7) is -0.180. The number of methoxy groups -OCH3 is 1. The van der Waals surface area contributed by atoms with E-state index in [4.69, 9.17) is 16.3 Å². The molecular formula is C16H16ClNO3. The molecule has 2 aromatic rings. The first-order valence-electron chi connectivity index (χ1n) is 6.46. The lowest BCUT2D eigenvalue weighted by Crippen LogP contribution is -2.30. The normalized spacial score (nSPS) is 11.8. The predicted octanol–water partition coefficient (Wildman–Crippen LogP) is 2.81. The summed E-state index contributed by atoms with van der Waals surface area (Å²) in [6.07, 6.45) is 0. The maximum Gasteiger partial charge on any atom is 0.251 e. The number of ether oxygens (including phenoxy) is 1. The molecule has 0 unspecified atom stereocenters. The van der Waals surface area contributed by atoms with E-state index in [1.54, 1.807) is 18.2 Å². The van der Waals surface area contributed by atoms with E-state index >= 15 is 0 Å². The van der Waals surface area contributed by atoms with E-state index in [1.807, 2.05) is 30.3 Å². The summed E-state index contributed by atoms with van der Waals surface area (Å²) in [6, 6.07) is 13.6. The van der Waals surface area contributed by atoms with E-state index in [1.165, 1.54) is 7.11 Å². The Morgan fingerprint density at radius 2 is 2.00 bits per heavy atom. The number of hydrogen-bond acceptors (Lipinski definition) is 3. The van der Waals surface area contributed by atoms with Crippen LogP contribution in [0.15, 0.2) is 48.5 Å². The summed E-state index contributed by atoms with van der Waals surface area (Å²) in [5.74, 6) is 0.137. The molecule has 4 nitrogen and oxygen atoms in total. The average molecular weight is 306 g/mol. The second kappa shape index (κ2) is 7.11. The molecule has 0 saturated carbocycles. The van der Waals surface area contributed by atoms with Gasteiger partial charge in [-0.2, -0.15) is 0 Å². The van der Waals surface area contributed by atoms with Gasteiger partial charge in [-0.3, -0.25) is 4.79 Å². The van der Waals surface area contributed by atoms with Gasteiger partial charge in [0.2, 0.25) is 0 Å². The van der Waals surface area contributed by atoms with E-state index in [0.717, 1.165) is 5.56 Å². The molecule has 2 aromatic carbocycles. The molecule has 2 N–H and O–H groups in total. The fourth-order valence-electron chi connectivity index (χ4n) is 1.96. The van der Waals surface area contributed by atoms with E-state index in [-0.39, 0.29) is 12.5 Å². The summed E-state index contributed by atoms with van der Waals surface area (Å²) >= 11 is 5.93. The zero-order chi connectivity index (χ0) is 15.2. The van der Waals surface area contributed by atoms with Crippen LogP contribution in [0.2, 0.25) is 5.02 Å². The molecule has 1 atom stereocenters. The molecule has 0 saturated heterocycles. The summed E-state index contributed by atoms with van der Waals surface area (Å²) in [7, 11) is 1.49. The summed E-state index contributed by atoms with van der Waals surface area (Å²) in [4.78, 5) is 12.2. The van der Waals surface area contributed by atoms with Crippen molar-refractivity contribution in [2.45, 2.75) is 6.04 Å². The van der Waals surface area contributed by atoms with Crippen LogP contribution in [-0.4, -0.2) is 24.7 Å². The van der Waals surface area contributed by atoms with Crippen molar-refractivity contribution in [3.8, 4) is 5.75 Å². The maximum absolute atomic E-state index is 12.2. The van der Waals surface area contributed by atoms with Gasteiger partial charge >= 0.3 is 0 Å². The fourth-order valence-corrected chi connectivity index (χ4v) is 2.16. The molecule has 0 heterocycles. The zero-order valence-electron chi connectivity index (χ0n) is 11.5. The van der Waals surface area contributed by atoms with Crippen molar-refractivity contribution in [3.05, 3.63) is 64.7 Å². The number of halogens is 1. The Hall–Kier alpha value is -2.04. The quantitative estimate of drug-likeness (QED) is 0.893. The van der Waals surface area contributed by atoms with Crippen LogP contribution in [0, 0.1) is 0 Å². The predicted molar refractivity (Wildman–Crippen MR) is 81.7 cm³/mol. The van der Waals surface area contributed by atoms with Crippen molar-refractivity contribution in [1.82, 2.24) is 5.32 Å². The topological polar surface area (TPSA) is 58.6 Å². The third kappa shape index (κ3) is 3.74. The second-order valence-electron chi connectivity index (χ2n) is 4.47. The Balaban J connectivity index is 2.16. The van der Waals surface area contributed by atoms with Gasteiger partial charge in [0.25, 0.3) is 5.91 Å². The number of carbonyl (C=O) groups excluding carboxylic acids is 1. The van der Waals surface area contributed by atoms with Gasteiger partial charge in [0, 0.05) is 5.56 Å². The molecule has 0 aliphatic rings. The number of hydrogen-bond donors (Lipinski definition) is 2. The van der Waals surface area contributed by atoms with Crippen molar-refractivity contribution in [1.29, 1.82) is 0 Å². The molecule has 1 amide bonds. The lowest BCUT2D eigenvalue weighted by molar-refractivity contribution is 0.0916. The minimum atomic E-state index is -0.458. The third-order valence-corrected chi connectivity index (χ3v) is 3.42. The number of aliphatic hydroxyl groups excluding tert-OH is 1. The summed E-state index contributed by atoms with van der Waals surface area (Å²) in [5, 5.41) is 12.7. The molecular weight excluding hydrogens is 290 g/mol. The van der Waals surface area contributed by atoms with Gasteiger partial charge in [-0.15, -0.1) is 0 Å². The standard InChI is InChI=1S/C16H16ClNO3/c1-21-15-9-12(7-8-13(15)17)16(20)18-14(10-19)11-5-3-2-4-6-11/h2-9,14,19H,10H2,1H3,(H,18,20)/t14-/m1/s1. The van der Waals surface area contributed by atoms with Gasteiger partial charge in [-0.05, 0) is 23.8 Å². The van der Waals surface area contributed by atoms with Crippen LogP contribution in [-0.2, 0) is 0 Å². The van der Waals surface area contributed by atoms with Crippen molar-refractivity contribution >= 4 is 17.5 Å². The van der Waals surface area contributed by atoms with E-state index in [0.29, 0.717) is 16.3 Å². The first-order chi connectivity index (χ1) is 10.2. The minimum Gasteiger partial charge on any atom is -0.495 e. The van der Waals surface area contributed by atoms with Crippen LogP contribution in [0.5, 0.6) is 5.75 Å². The summed E-state index contributed by atoms with van der Waals surface area (Å²) < 4.78 is 5.09. The molecule has 0 aliphatic carbocycles. The second-order valence-corrected chi connectivity index (χ2v) is 4.88. The molecule has 2 rings (SSSR count). The van der Waals surface area contributed by atoms with Crippen LogP contribution in [0.25, 0.3) is 0 Å². The molecule has 0 fully saturated rings. The number of nitrogens with one attached hydrogen (secondary N) is 1. The highest BCUT2D eigenvalue weighted by atomic mass is 35.5. The smallest absolute Gasteiger partial charge is 0.251 e. The van der Waals surface area contributed by atoms with Gasteiger partial charge in [0.15, 0.2) is 0 Å². The molecule has 5 heteroatoms. The van der Waals surface area contributed by atoms with Crippen LogP contribution in [0.3, 0.4) is 0 Å². The molecule has 21 heavy (non-hydrogen) atoms. The molecule has 0 aliphatic heterocycles. The Kier molecular flexibility index (Phi) is 5.20. The number of carbonyl (C=O) groups is 1. The van der Waals surface area contributed by atoms with Crippen molar-refractivity contribution in [2.24, 2.45) is 0 Å². The monoisotopic (exact) mass is 305 g/mol. The Bertz CT molecular complexity index is 616. The van der Waals surface area contributed by atoms with Gasteiger partial charge in [0.05, 0.1) is 24.8 Å². The van der Waals surface area contributed by atoms with Crippen LogP contribution >= 0.6 is 11.6 Å². The Morgan fingerprint density at radius 1 is 1.29 bits per heavy atom. The highest BCUT2D eigenvalue weighted by molar-refractivity contribution is 6.32. The fraction of sp³-hybridized carbons (Fsp3) is 0.188. The lowest BCUT2D eigenvalue weighted by atomic mass is 10.1. The van der Waals surface area contributed by atoms with Crippen molar-refractivity contribution in [2.75, 3.05) is 13.7 Å². The molecule has 0 aromatic heterocycles. The number of rotatable bonds is 5. The molecule has 0 bridgehead atoms. The highest BCUT2D eigenvalue weighted by Crippen LogP contribution is 2.25. The lowest BCUT2D eigenvalue weighted by Gasteiger charge is -2.17. The number of benzene rings is 2. The average Bonchev–Trinajstić information content (AvgIpc) is 2.53. The first kappa shape index (κ1) is 15.4. The Labute approximate surface area is 128 Å². The van der Waals surface area contributed by atoms with Gasteiger partial charge in [-0.1, -0.05) is 41.9 Å². The van der Waals surface area contributed by atoms with Crippen LogP contribution in [0.4, 0.5) is 0 Å². The molecule has 110 valence electrons. The van der Waals surface area contributed by atoms with Crippen LogP contribution < -0.4 is 10.1 Å². The number of amides is 1. The maximum atomic E-state index is 12.2. The van der Waals surface area contributed by atoms with E-state index in [9.17, 15) is 9.90 Å². The number of aliphatic hydroxyl groups is 1. The van der Waals surface area contributed by atoms with Gasteiger partial charge < -0.3 is 15.2 Å². The minimum absolute atomic E-state index is 0.180. The molecule has 0 radical (unpaired) electrons. The summed E-state index contributed by atoms with van der Waals surface area (Å²) in [5.41, 5.74) is 1.26. The van der Waals surface area contributed by atoms with Crippen molar-refractivity contribution in [3.63, 3.8) is 0 Å².